The molecule has 2 aromatic carbocycles. The third-order valence-electron chi connectivity index (χ3n) is 5.33. The number of benzene rings is 2. The lowest BCUT2D eigenvalue weighted by molar-refractivity contribution is 0.0280. The maximum atomic E-state index is 10.3. The number of para-hydroxylation sites is 1. The first-order valence-electron chi connectivity index (χ1n) is 8.22. The van der Waals surface area contributed by atoms with Crippen LogP contribution in [0.25, 0.3) is 0 Å². The van der Waals surface area contributed by atoms with E-state index in [0.717, 1.165) is 30.5 Å². The van der Waals surface area contributed by atoms with Gasteiger partial charge in [-0.25, -0.2) is 5.06 Å². The summed E-state index contributed by atoms with van der Waals surface area (Å²) in [5.74, 6) is 0. The number of halogens is 2. The van der Waals surface area contributed by atoms with Crippen LogP contribution in [0.3, 0.4) is 0 Å². The minimum Gasteiger partial charge on any atom is -0.396 e. The fraction of sp³-hybridized carbons (Fsp3) is 0.368. The van der Waals surface area contributed by atoms with Crippen LogP contribution < -0.4 is 5.06 Å². The Morgan fingerprint density at radius 2 is 1.96 bits per heavy atom. The second-order valence-corrected chi connectivity index (χ2v) is 7.45. The summed E-state index contributed by atoms with van der Waals surface area (Å²) in [7, 11) is 0. The van der Waals surface area contributed by atoms with Gasteiger partial charge in [-0.05, 0) is 49.1 Å². The van der Waals surface area contributed by atoms with Crippen LogP contribution in [0.5, 0.6) is 0 Å². The van der Waals surface area contributed by atoms with Crippen LogP contribution in [-0.2, 0) is 4.84 Å². The van der Waals surface area contributed by atoms with Crippen molar-refractivity contribution in [2.45, 2.75) is 31.4 Å². The molecule has 2 aliphatic rings. The van der Waals surface area contributed by atoms with E-state index in [1.807, 2.05) is 47.5 Å². The Bertz CT molecular complexity index is 739. The number of hydrogen-bond acceptors (Lipinski definition) is 3. The summed E-state index contributed by atoms with van der Waals surface area (Å²) in [5, 5.41) is 13.4. The summed E-state index contributed by atoms with van der Waals surface area (Å²) in [6.45, 7) is 0.0740. The molecule has 0 bridgehead atoms. The number of aliphatic hydroxyl groups excluding tert-OH is 1. The highest BCUT2D eigenvalue weighted by molar-refractivity contribution is 6.35. The van der Waals surface area contributed by atoms with Gasteiger partial charge in [0.2, 0.25) is 0 Å². The number of aliphatic hydroxyl groups is 1. The van der Waals surface area contributed by atoms with Gasteiger partial charge in [0.15, 0.2) is 0 Å². The van der Waals surface area contributed by atoms with Crippen molar-refractivity contribution in [3.05, 3.63) is 64.1 Å². The van der Waals surface area contributed by atoms with Gasteiger partial charge in [-0.3, -0.25) is 4.84 Å². The van der Waals surface area contributed by atoms with Crippen LogP contribution in [0.4, 0.5) is 5.69 Å². The lowest BCUT2D eigenvalue weighted by Gasteiger charge is -2.35. The zero-order valence-corrected chi connectivity index (χ0v) is 14.7. The molecule has 1 aliphatic carbocycles. The van der Waals surface area contributed by atoms with E-state index in [1.54, 1.807) is 6.07 Å². The van der Waals surface area contributed by atoms with E-state index in [2.05, 4.69) is 0 Å². The molecule has 3 nitrogen and oxygen atoms in total. The third-order valence-corrected chi connectivity index (χ3v) is 5.89. The van der Waals surface area contributed by atoms with Crippen molar-refractivity contribution < 1.29 is 9.94 Å². The van der Waals surface area contributed by atoms with Gasteiger partial charge >= 0.3 is 0 Å². The van der Waals surface area contributed by atoms with Gasteiger partial charge in [0, 0.05) is 15.5 Å². The molecule has 1 saturated heterocycles. The smallest absolute Gasteiger partial charge is 0.0959 e. The summed E-state index contributed by atoms with van der Waals surface area (Å²) in [6.07, 6.45) is 2.92. The molecule has 2 aromatic rings. The van der Waals surface area contributed by atoms with Gasteiger partial charge in [0.1, 0.15) is 0 Å². The highest BCUT2D eigenvalue weighted by Gasteiger charge is 2.59. The molecule has 1 aliphatic heterocycles. The van der Waals surface area contributed by atoms with Crippen LogP contribution in [0.1, 0.15) is 30.9 Å². The van der Waals surface area contributed by atoms with E-state index in [1.165, 1.54) is 0 Å². The predicted octanol–water partition coefficient (Wildman–Crippen LogP) is 5.02. The van der Waals surface area contributed by atoms with E-state index in [-0.39, 0.29) is 24.2 Å². The van der Waals surface area contributed by atoms with E-state index in [4.69, 9.17) is 28.0 Å². The highest BCUT2D eigenvalue weighted by atomic mass is 35.5. The second-order valence-electron chi connectivity index (χ2n) is 6.61. The Balaban J connectivity index is 1.86. The first kappa shape index (κ1) is 16.2. The zero-order valence-electron chi connectivity index (χ0n) is 13.2. The van der Waals surface area contributed by atoms with E-state index in [0.29, 0.717) is 10.0 Å². The lowest BCUT2D eigenvalue weighted by Crippen LogP contribution is -2.37. The second kappa shape index (κ2) is 6.23. The van der Waals surface area contributed by atoms with E-state index in [9.17, 15) is 5.11 Å². The first-order chi connectivity index (χ1) is 11.7. The van der Waals surface area contributed by atoms with Crippen molar-refractivity contribution in [2.75, 3.05) is 11.7 Å². The van der Waals surface area contributed by atoms with Gasteiger partial charge in [-0.1, -0.05) is 47.5 Å². The monoisotopic (exact) mass is 363 g/mol. The summed E-state index contributed by atoms with van der Waals surface area (Å²) < 4.78 is 0. The number of anilines is 1. The maximum Gasteiger partial charge on any atom is 0.0959 e. The van der Waals surface area contributed by atoms with Crippen LogP contribution in [0.2, 0.25) is 10.0 Å². The number of hydrogen-bond donors (Lipinski definition) is 1. The standard InChI is InChI=1S/C19H19Cl2NO2/c20-13-8-9-15(16(21)11-13)18-19(12-23)10-4-7-17(19)24-22(18)14-5-2-1-3-6-14/h1-3,5-6,8-9,11,17-18,23H,4,7,10,12H2/t17-,18+,19-/m0/s1. The summed E-state index contributed by atoms with van der Waals surface area (Å²) in [5.41, 5.74) is 1.58. The van der Waals surface area contributed by atoms with Gasteiger partial charge in [0.05, 0.1) is 24.4 Å². The Kier molecular flexibility index (Phi) is 4.21. The largest absolute Gasteiger partial charge is 0.396 e. The molecule has 5 heteroatoms. The van der Waals surface area contributed by atoms with Crippen molar-refractivity contribution in [2.24, 2.45) is 5.41 Å². The van der Waals surface area contributed by atoms with E-state index < -0.39 is 0 Å². The summed E-state index contributed by atoms with van der Waals surface area (Å²) in [4.78, 5) is 6.30. The molecule has 1 heterocycles. The fourth-order valence-electron chi connectivity index (χ4n) is 4.18. The summed E-state index contributed by atoms with van der Waals surface area (Å²) in [6, 6.07) is 15.4. The molecule has 4 rings (SSSR count). The van der Waals surface area contributed by atoms with Gasteiger partial charge in [-0.2, -0.15) is 0 Å². The van der Waals surface area contributed by atoms with Crippen LogP contribution in [-0.4, -0.2) is 17.8 Å². The molecule has 2 fully saturated rings. The molecule has 0 spiro atoms. The van der Waals surface area contributed by atoms with Gasteiger partial charge in [-0.15, -0.1) is 0 Å². The molecule has 0 amide bonds. The molecule has 3 atom stereocenters. The molecule has 0 radical (unpaired) electrons. The van der Waals surface area contributed by atoms with Crippen LogP contribution >= 0.6 is 23.2 Å². The molecule has 126 valence electrons. The van der Waals surface area contributed by atoms with Crippen molar-refractivity contribution in [1.29, 1.82) is 0 Å². The van der Waals surface area contributed by atoms with Crippen molar-refractivity contribution in [1.82, 2.24) is 0 Å². The van der Waals surface area contributed by atoms with Crippen LogP contribution in [0, 0.1) is 5.41 Å². The number of fused-ring (bicyclic) bond motifs is 1. The third kappa shape index (κ3) is 2.42. The normalized spacial score (nSPS) is 29.0. The van der Waals surface area contributed by atoms with Crippen LogP contribution in [0.15, 0.2) is 48.5 Å². The molecular weight excluding hydrogens is 345 g/mol. The Morgan fingerprint density at radius 3 is 2.67 bits per heavy atom. The molecule has 24 heavy (non-hydrogen) atoms. The molecule has 0 aromatic heterocycles. The highest BCUT2D eigenvalue weighted by Crippen LogP contribution is 2.58. The van der Waals surface area contributed by atoms with Crippen molar-refractivity contribution in [3.63, 3.8) is 0 Å². The molecule has 1 saturated carbocycles. The van der Waals surface area contributed by atoms with E-state index >= 15 is 0 Å². The Labute approximate surface area is 151 Å². The average molecular weight is 364 g/mol. The minimum atomic E-state index is -0.340. The number of nitrogens with zero attached hydrogens (tertiary/aromatic N) is 1. The molecule has 0 unspecified atom stereocenters. The Hall–Kier alpha value is -1.26. The van der Waals surface area contributed by atoms with Crippen molar-refractivity contribution in [3.8, 4) is 0 Å². The topological polar surface area (TPSA) is 32.7 Å². The maximum absolute atomic E-state index is 10.3. The van der Waals surface area contributed by atoms with Gasteiger partial charge < -0.3 is 5.11 Å². The Morgan fingerprint density at radius 1 is 1.17 bits per heavy atom. The molecular formula is C19H19Cl2NO2. The fourth-order valence-corrected chi connectivity index (χ4v) is 4.69. The van der Waals surface area contributed by atoms with Gasteiger partial charge in [0.25, 0.3) is 0 Å². The lowest BCUT2D eigenvalue weighted by atomic mass is 9.75. The predicted molar refractivity (Wildman–Crippen MR) is 96.4 cm³/mol. The number of hydroxylamine groups is 1. The summed E-state index contributed by atoms with van der Waals surface area (Å²) >= 11 is 12.6. The quantitative estimate of drug-likeness (QED) is 0.830. The number of rotatable bonds is 3. The SMILES string of the molecule is OC[C@@]12CCC[C@@H]1ON(c1ccccc1)[C@@H]2c1ccc(Cl)cc1Cl. The molecule has 1 N–H and O–H groups in total. The average Bonchev–Trinajstić information content (AvgIpc) is 3.12. The van der Waals surface area contributed by atoms with Crippen molar-refractivity contribution >= 4 is 28.9 Å². The zero-order chi connectivity index (χ0) is 16.7. The minimum absolute atomic E-state index is 0.000508. The first-order valence-corrected chi connectivity index (χ1v) is 8.98.